The number of amides is 1. The molecule has 0 fully saturated rings. The van der Waals surface area contributed by atoms with Crippen molar-refractivity contribution in [3.05, 3.63) is 0 Å². The number of carbonyl (C=O) groups is 2. The van der Waals surface area contributed by atoms with Gasteiger partial charge in [-0.25, -0.2) is 0 Å². The highest BCUT2D eigenvalue weighted by atomic mass is 16.5. The summed E-state index contributed by atoms with van der Waals surface area (Å²) in [4.78, 5) is 21.8. The van der Waals surface area contributed by atoms with Crippen molar-refractivity contribution in [2.24, 2.45) is 5.73 Å². The molecule has 0 bridgehead atoms. The number of carbonyl (C=O) groups excluding carboxylic acids is 1. The lowest BCUT2D eigenvalue weighted by molar-refractivity contribution is -0.137. The van der Waals surface area contributed by atoms with E-state index in [2.05, 4.69) is 5.32 Å². The molecule has 0 aromatic heterocycles. The van der Waals surface area contributed by atoms with Crippen LogP contribution in [0.2, 0.25) is 0 Å². The fraction of sp³-hybridized carbons (Fsp3) is 0.818. The lowest BCUT2D eigenvalue weighted by Gasteiger charge is -2.25. The third-order valence-electron chi connectivity index (χ3n) is 2.23. The molecule has 6 nitrogen and oxygen atoms in total. The zero-order valence-electron chi connectivity index (χ0n) is 10.7. The van der Waals surface area contributed by atoms with Crippen molar-refractivity contribution in [2.75, 3.05) is 13.2 Å². The van der Waals surface area contributed by atoms with E-state index < -0.39 is 17.6 Å². The number of hydrogen-bond donors (Lipinski definition) is 3. The molecule has 1 amide bonds. The van der Waals surface area contributed by atoms with Crippen molar-refractivity contribution in [3.8, 4) is 0 Å². The molecule has 0 aliphatic rings. The Morgan fingerprint density at radius 2 is 2.06 bits per heavy atom. The molecular weight excluding hydrogens is 224 g/mol. The van der Waals surface area contributed by atoms with Gasteiger partial charge in [-0.15, -0.1) is 0 Å². The zero-order valence-corrected chi connectivity index (χ0v) is 10.7. The smallest absolute Gasteiger partial charge is 0.303 e. The Morgan fingerprint density at radius 3 is 2.53 bits per heavy atom. The average molecular weight is 246 g/mol. The summed E-state index contributed by atoms with van der Waals surface area (Å²) >= 11 is 0. The van der Waals surface area contributed by atoms with E-state index in [0.717, 1.165) is 0 Å². The Labute approximate surface area is 102 Å². The second kappa shape index (κ2) is 7.24. The average Bonchev–Trinajstić information content (AvgIpc) is 2.22. The molecule has 1 unspecified atom stereocenters. The minimum absolute atomic E-state index is 0.108. The molecule has 4 N–H and O–H groups in total. The Hall–Kier alpha value is -1.14. The fourth-order valence-electron chi connectivity index (χ4n) is 1.28. The van der Waals surface area contributed by atoms with E-state index in [1.54, 1.807) is 0 Å². The molecule has 0 heterocycles. The molecule has 0 radical (unpaired) electrons. The van der Waals surface area contributed by atoms with Crippen molar-refractivity contribution in [1.82, 2.24) is 5.32 Å². The van der Waals surface area contributed by atoms with Gasteiger partial charge >= 0.3 is 5.97 Å². The predicted molar refractivity (Wildman–Crippen MR) is 63.6 cm³/mol. The van der Waals surface area contributed by atoms with E-state index in [0.29, 0.717) is 13.2 Å². The van der Waals surface area contributed by atoms with Crippen LogP contribution in [0.3, 0.4) is 0 Å². The number of rotatable bonds is 8. The van der Waals surface area contributed by atoms with Gasteiger partial charge in [0.25, 0.3) is 0 Å². The Kier molecular flexibility index (Phi) is 6.75. The van der Waals surface area contributed by atoms with Gasteiger partial charge in [0, 0.05) is 19.6 Å². The van der Waals surface area contributed by atoms with Gasteiger partial charge in [0.15, 0.2) is 0 Å². The Morgan fingerprint density at radius 1 is 1.47 bits per heavy atom. The van der Waals surface area contributed by atoms with Gasteiger partial charge in [-0.3, -0.25) is 9.59 Å². The molecule has 0 spiro atoms. The normalized spacial score (nSPS) is 13.2. The lowest BCUT2D eigenvalue weighted by atomic mass is 10.1. The first-order valence-corrected chi connectivity index (χ1v) is 5.67. The van der Waals surface area contributed by atoms with E-state index in [9.17, 15) is 9.59 Å². The van der Waals surface area contributed by atoms with Crippen LogP contribution < -0.4 is 11.1 Å². The van der Waals surface area contributed by atoms with Gasteiger partial charge in [0.2, 0.25) is 5.91 Å². The SMILES string of the molecule is CCOC(C)(C)CNC(=O)C(N)CCC(=O)O. The van der Waals surface area contributed by atoms with Crippen molar-refractivity contribution < 1.29 is 19.4 Å². The number of nitrogens with one attached hydrogen (secondary N) is 1. The van der Waals surface area contributed by atoms with E-state index in [-0.39, 0.29) is 18.7 Å². The molecule has 0 aromatic carbocycles. The number of ether oxygens (including phenoxy) is 1. The van der Waals surface area contributed by atoms with Crippen LogP contribution in [0.1, 0.15) is 33.6 Å². The van der Waals surface area contributed by atoms with Gasteiger partial charge in [-0.05, 0) is 27.2 Å². The minimum atomic E-state index is -0.956. The molecule has 6 heteroatoms. The molecule has 0 saturated carbocycles. The highest BCUT2D eigenvalue weighted by molar-refractivity contribution is 5.82. The molecule has 17 heavy (non-hydrogen) atoms. The summed E-state index contributed by atoms with van der Waals surface area (Å²) in [7, 11) is 0. The van der Waals surface area contributed by atoms with Gasteiger partial charge < -0.3 is 20.9 Å². The molecule has 0 aliphatic carbocycles. The molecule has 1 atom stereocenters. The maximum absolute atomic E-state index is 11.5. The lowest BCUT2D eigenvalue weighted by Crippen LogP contribution is -2.47. The number of carboxylic acids is 1. The molecule has 0 aliphatic heterocycles. The van der Waals surface area contributed by atoms with Crippen LogP contribution in [0.25, 0.3) is 0 Å². The highest BCUT2D eigenvalue weighted by Crippen LogP contribution is 2.07. The zero-order chi connectivity index (χ0) is 13.5. The van der Waals surface area contributed by atoms with Crippen LogP contribution in [0.4, 0.5) is 0 Å². The first-order chi connectivity index (χ1) is 7.78. The number of carboxylic acid groups (broad SMARTS) is 1. The van der Waals surface area contributed by atoms with Crippen LogP contribution >= 0.6 is 0 Å². The van der Waals surface area contributed by atoms with E-state index in [1.165, 1.54) is 0 Å². The summed E-state index contributed by atoms with van der Waals surface area (Å²) < 4.78 is 5.41. The van der Waals surface area contributed by atoms with Crippen LogP contribution in [0, 0.1) is 0 Å². The van der Waals surface area contributed by atoms with Crippen LogP contribution in [0.15, 0.2) is 0 Å². The molecule has 0 saturated heterocycles. The van der Waals surface area contributed by atoms with Crippen LogP contribution in [-0.4, -0.2) is 41.8 Å². The van der Waals surface area contributed by atoms with Crippen molar-refractivity contribution in [3.63, 3.8) is 0 Å². The quantitative estimate of drug-likeness (QED) is 0.564. The van der Waals surface area contributed by atoms with Gasteiger partial charge in [0.1, 0.15) is 0 Å². The highest BCUT2D eigenvalue weighted by Gasteiger charge is 2.21. The summed E-state index contributed by atoms with van der Waals surface area (Å²) in [5, 5.41) is 11.1. The van der Waals surface area contributed by atoms with E-state index in [4.69, 9.17) is 15.6 Å². The fourth-order valence-corrected chi connectivity index (χ4v) is 1.28. The van der Waals surface area contributed by atoms with E-state index >= 15 is 0 Å². The predicted octanol–water partition coefficient (Wildman–Crippen LogP) is 0.110. The number of aliphatic carboxylic acids is 1. The first-order valence-electron chi connectivity index (χ1n) is 5.67. The van der Waals surface area contributed by atoms with Gasteiger partial charge in [0.05, 0.1) is 11.6 Å². The molecular formula is C11H22N2O4. The second-order valence-corrected chi connectivity index (χ2v) is 4.45. The maximum atomic E-state index is 11.5. The molecule has 100 valence electrons. The number of hydrogen-bond acceptors (Lipinski definition) is 4. The van der Waals surface area contributed by atoms with E-state index in [1.807, 2.05) is 20.8 Å². The summed E-state index contributed by atoms with van der Waals surface area (Å²) in [5.41, 5.74) is 5.11. The third-order valence-corrected chi connectivity index (χ3v) is 2.23. The summed E-state index contributed by atoms with van der Waals surface area (Å²) in [6.45, 7) is 6.51. The summed E-state index contributed by atoms with van der Waals surface area (Å²) in [5.74, 6) is -1.30. The molecule has 0 aromatic rings. The van der Waals surface area contributed by atoms with Crippen LogP contribution in [-0.2, 0) is 14.3 Å². The summed E-state index contributed by atoms with van der Waals surface area (Å²) in [6.07, 6.45) is 0.0275. The largest absolute Gasteiger partial charge is 0.481 e. The summed E-state index contributed by atoms with van der Waals surface area (Å²) in [6, 6.07) is -0.788. The maximum Gasteiger partial charge on any atom is 0.303 e. The van der Waals surface area contributed by atoms with Gasteiger partial charge in [-0.2, -0.15) is 0 Å². The second-order valence-electron chi connectivity index (χ2n) is 4.45. The van der Waals surface area contributed by atoms with Crippen molar-refractivity contribution in [2.45, 2.75) is 45.3 Å². The first kappa shape index (κ1) is 15.9. The third kappa shape index (κ3) is 7.70. The Balaban J connectivity index is 3.96. The topological polar surface area (TPSA) is 102 Å². The monoisotopic (exact) mass is 246 g/mol. The van der Waals surface area contributed by atoms with Crippen LogP contribution in [0.5, 0.6) is 0 Å². The number of nitrogens with two attached hydrogens (primary N) is 1. The minimum Gasteiger partial charge on any atom is -0.481 e. The Bertz CT molecular complexity index is 266. The van der Waals surface area contributed by atoms with Crippen molar-refractivity contribution in [1.29, 1.82) is 0 Å². The molecule has 0 rings (SSSR count). The standard InChI is InChI=1S/C11H22N2O4/c1-4-17-11(2,3)7-13-10(16)8(12)5-6-9(14)15/h8H,4-7,12H2,1-3H3,(H,13,16)(H,14,15). The van der Waals surface area contributed by atoms with Gasteiger partial charge in [-0.1, -0.05) is 0 Å². The van der Waals surface area contributed by atoms with Crippen molar-refractivity contribution >= 4 is 11.9 Å².